The van der Waals surface area contributed by atoms with Gasteiger partial charge in [-0.15, -0.1) is 0 Å². The quantitative estimate of drug-likeness (QED) is 0.278. The van der Waals surface area contributed by atoms with Crippen molar-refractivity contribution in [1.29, 1.82) is 0 Å². The lowest BCUT2D eigenvalue weighted by molar-refractivity contribution is -0.155. The zero-order chi connectivity index (χ0) is 30.5. The highest BCUT2D eigenvalue weighted by Gasteiger charge is 2.58. The number of hydrogen-bond donors (Lipinski definition) is 1. The maximum Gasteiger partial charge on any atom is 0.356 e. The number of rotatable bonds is 10. The molecule has 0 radical (unpaired) electrons. The number of hydrogen-bond acceptors (Lipinski definition) is 8. The van der Waals surface area contributed by atoms with Crippen molar-refractivity contribution in [3.05, 3.63) is 125 Å². The Hall–Kier alpha value is -5.03. The molecule has 2 aliphatic heterocycles. The topological polar surface area (TPSA) is 128 Å². The summed E-state index contributed by atoms with van der Waals surface area (Å²) in [4.78, 5) is 52.7. The Bertz CT molecular complexity index is 1570. The number of amides is 2. The average molecular weight is 601 g/mol. The van der Waals surface area contributed by atoms with Crippen LogP contribution in [0.25, 0.3) is 0 Å². The summed E-state index contributed by atoms with van der Waals surface area (Å²) in [5.74, 6) is -2.39. The second-order valence-electron chi connectivity index (χ2n) is 9.68. The van der Waals surface area contributed by atoms with Gasteiger partial charge >= 0.3 is 11.9 Å². The van der Waals surface area contributed by atoms with Crippen LogP contribution in [-0.4, -0.2) is 57.5 Å². The van der Waals surface area contributed by atoms with Gasteiger partial charge in [-0.2, -0.15) is 0 Å². The number of para-hydroxylation sites is 1. The summed E-state index contributed by atoms with van der Waals surface area (Å²) in [6.45, 7) is 4.23. The lowest BCUT2D eigenvalue weighted by atomic mass is 10.0. The molecule has 0 aromatic heterocycles. The molecule has 3 aromatic rings. The van der Waals surface area contributed by atoms with Crippen molar-refractivity contribution in [2.75, 3.05) is 13.2 Å². The average Bonchev–Trinajstić information content (AvgIpc) is 3.03. The molecule has 43 heavy (non-hydrogen) atoms. The van der Waals surface area contributed by atoms with E-state index in [-0.39, 0.29) is 22.8 Å². The Balaban J connectivity index is 1.43. The van der Waals surface area contributed by atoms with Crippen molar-refractivity contribution in [1.82, 2.24) is 10.2 Å². The van der Waals surface area contributed by atoms with E-state index in [0.29, 0.717) is 16.9 Å². The number of nitrogens with one attached hydrogen (secondary N) is 1. The molecule has 11 heteroatoms. The second-order valence-corrected chi connectivity index (χ2v) is 11.3. The second kappa shape index (κ2) is 12.9. The van der Waals surface area contributed by atoms with Gasteiger partial charge in [0.15, 0.2) is 12.7 Å². The monoisotopic (exact) mass is 600 g/mol. The summed E-state index contributed by atoms with van der Waals surface area (Å²) in [6.07, 6.45) is -0.849. The number of benzene rings is 3. The minimum atomic E-state index is -1.95. The largest absolute Gasteiger partial charge is 0.484 e. The van der Waals surface area contributed by atoms with E-state index in [1.807, 2.05) is 12.1 Å². The molecular formula is C32H28N2O8S. The smallest absolute Gasteiger partial charge is 0.356 e. The van der Waals surface area contributed by atoms with Gasteiger partial charge in [0.2, 0.25) is 0 Å². The van der Waals surface area contributed by atoms with Crippen molar-refractivity contribution in [2.45, 2.75) is 24.4 Å². The summed E-state index contributed by atoms with van der Waals surface area (Å²) in [5.41, 5.74) is 1.11. The molecule has 1 N–H and O–H groups in total. The third kappa shape index (κ3) is 6.26. The number of esters is 2. The van der Waals surface area contributed by atoms with Gasteiger partial charge < -0.3 is 19.5 Å². The van der Waals surface area contributed by atoms with Crippen LogP contribution in [0.5, 0.6) is 5.75 Å². The molecule has 3 atom stereocenters. The van der Waals surface area contributed by atoms with Crippen LogP contribution in [0.3, 0.4) is 0 Å². The fourth-order valence-corrected chi connectivity index (χ4v) is 6.29. The zero-order valence-corrected chi connectivity index (χ0v) is 24.0. The van der Waals surface area contributed by atoms with Crippen LogP contribution in [0.15, 0.2) is 114 Å². The highest BCUT2D eigenvalue weighted by atomic mass is 32.2. The maximum atomic E-state index is 13.9. The summed E-state index contributed by atoms with van der Waals surface area (Å²) in [5, 5.41) is 1.43. The first-order valence-electron chi connectivity index (χ1n) is 13.3. The van der Waals surface area contributed by atoms with Gasteiger partial charge in [0, 0.05) is 17.4 Å². The SMILES string of the molecule is C=C1C(COC(C)=O)=C(C(=O)OC(c2ccccc2)c2ccccc2)N2C(=O)[C@@H](NC(=O)COc3ccccc3)[C@H]2S1=O. The van der Waals surface area contributed by atoms with Gasteiger partial charge in [-0.3, -0.25) is 23.5 Å². The molecule has 10 nitrogen and oxygen atoms in total. The number of ether oxygens (including phenoxy) is 3. The third-order valence-electron chi connectivity index (χ3n) is 6.84. The first-order valence-corrected chi connectivity index (χ1v) is 14.5. The molecule has 1 unspecified atom stereocenters. The van der Waals surface area contributed by atoms with Gasteiger partial charge in [-0.05, 0) is 23.3 Å². The summed E-state index contributed by atoms with van der Waals surface area (Å²) in [6, 6.07) is 25.5. The number of carbonyl (C=O) groups is 4. The Kier molecular flexibility index (Phi) is 8.82. The molecule has 2 heterocycles. The van der Waals surface area contributed by atoms with E-state index in [0.717, 1.165) is 4.90 Å². The van der Waals surface area contributed by atoms with Crippen molar-refractivity contribution >= 4 is 34.6 Å². The number of fused-ring (bicyclic) bond motifs is 1. The molecule has 5 rings (SSSR count). The highest BCUT2D eigenvalue weighted by Crippen LogP contribution is 2.41. The fraction of sp³-hybridized carbons (Fsp3) is 0.188. The predicted octanol–water partition coefficient (Wildman–Crippen LogP) is 3.14. The van der Waals surface area contributed by atoms with Crippen molar-refractivity contribution in [3.63, 3.8) is 0 Å². The molecule has 0 aliphatic carbocycles. The predicted molar refractivity (Wildman–Crippen MR) is 156 cm³/mol. The zero-order valence-electron chi connectivity index (χ0n) is 23.1. The van der Waals surface area contributed by atoms with Crippen molar-refractivity contribution < 1.29 is 37.6 Å². The van der Waals surface area contributed by atoms with E-state index < -0.39 is 58.7 Å². The Morgan fingerprint density at radius 3 is 2.05 bits per heavy atom. The molecular weight excluding hydrogens is 572 g/mol. The van der Waals surface area contributed by atoms with Crippen LogP contribution < -0.4 is 10.1 Å². The summed E-state index contributed by atoms with van der Waals surface area (Å²) >= 11 is 0. The van der Waals surface area contributed by atoms with Gasteiger partial charge in [0.25, 0.3) is 11.8 Å². The maximum absolute atomic E-state index is 13.9. The Morgan fingerprint density at radius 1 is 0.930 bits per heavy atom. The van der Waals surface area contributed by atoms with Crippen LogP contribution in [0.2, 0.25) is 0 Å². The lowest BCUT2D eigenvalue weighted by Gasteiger charge is -2.49. The molecule has 0 saturated carbocycles. The van der Waals surface area contributed by atoms with Crippen LogP contribution in [0.4, 0.5) is 0 Å². The standard InChI is InChI=1S/C32H28N2O8S/c1-20-25(18-40-21(2)35)28(32(38)42-29(22-12-6-3-7-13-22)23-14-8-4-9-15-23)34-30(37)27(31(34)43(20)39)33-26(36)19-41-24-16-10-5-11-17-24/h3-17,27,29,31H,1,18-19H2,2H3,(H,33,36)/t27-,31-,43?/m1/s1. The van der Waals surface area contributed by atoms with E-state index >= 15 is 0 Å². The summed E-state index contributed by atoms with van der Waals surface area (Å²) < 4.78 is 30.1. The Labute approximate surface area is 250 Å². The molecule has 2 amide bonds. The number of β-lactam (4-membered cyclic amide) rings is 1. The van der Waals surface area contributed by atoms with E-state index in [1.165, 1.54) is 6.92 Å². The first-order chi connectivity index (χ1) is 20.8. The Morgan fingerprint density at radius 2 is 1.49 bits per heavy atom. The minimum absolute atomic E-state index is 0.000180. The fourth-order valence-electron chi connectivity index (χ4n) is 4.77. The minimum Gasteiger partial charge on any atom is -0.484 e. The van der Waals surface area contributed by atoms with E-state index in [4.69, 9.17) is 14.2 Å². The highest BCUT2D eigenvalue weighted by molar-refractivity contribution is 7.90. The first kappa shape index (κ1) is 29.5. The van der Waals surface area contributed by atoms with Crippen LogP contribution >= 0.6 is 0 Å². The van der Waals surface area contributed by atoms with Gasteiger partial charge in [-0.25, -0.2) is 4.79 Å². The van der Waals surface area contributed by atoms with E-state index in [1.54, 1.807) is 78.9 Å². The van der Waals surface area contributed by atoms with Crippen LogP contribution in [0, 0.1) is 0 Å². The van der Waals surface area contributed by atoms with E-state index in [9.17, 15) is 23.4 Å². The van der Waals surface area contributed by atoms with Crippen LogP contribution in [-0.2, 0) is 39.5 Å². The summed E-state index contributed by atoms with van der Waals surface area (Å²) in [7, 11) is -1.95. The molecule has 3 aromatic carbocycles. The molecule has 220 valence electrons. The molecule has 0 bridgehead atoms. The van der Waals surface area contributed by atoms with Gasteiger partial charge in [0.1, 0.15) is 29.5 Å². The van der Waals surface area contributed by atoms with Crippen molar-refractivity contribution in [2.24, 2.45) is 0 Å². The van der Waals surface area contributed by atoms with Crippen LogP contribution in [0.1, 0.15) is 24.2 Å². The number of nitrogens with zero attached hydrogens (tertiary/aromatic N) is 1. The third-order valence-corrected chi connectivity index (χ3v) is 8.49. The lowest BCUT2D eigenvalue weighted by Crippen LogP contribution is -2.73. The van der Waals surface area contributed by atoms with Gasteiger partial charge in [0.05, 0.1) is 10.8 Å². The normalized spacial score (nSPS) is 19.3. The molecule has 1 fully saturated rings. The van der Waals surface area contributed by atoms with Gasteiger partial charge in [-0.1, -0.05) is 85.4 Å². The number of carbonyl (C=O) groups excluding carboxylic acids is 4. The molecule has 0 spiro atoms. The van der Waals surface area contributed by atoms with Crippen molar-refractivity contribution in [3.8, 4) is 5.75 Å². The van der Waals surface area contributed by atoms with E-state index in [2.05, 4.69) is 11.9 Å². The molecule has 1 saturated heterocycles. The molecule has 2 aliphatic rings.